The van der Waals surface area contributed by atoms with Crippen molar-refractivity contribution in [3.8, 4) is 11.3 Å². The molecule has 1 aromatic heterocycles. The van der Waals surface area contributed by atoms with E-state index in [9.17, 15) is 0 Å². The highest BCUT2D eigenvalue weighted by Gasteiger charge is 2.23. The molecule has 3 N–H and O–H groups in total. The molecule has 0 aliphatic rings. The zero-order valence-electron chi connectivity index (χ0n) is 16.3. The van der Waals surface area contributed by atoms with E-state index in [1.165, 1.54) is 11.1 Å². The standard InChI is InChI=1S/C22H29N5/c1-17(18-9-11-20(12-10-18)22-13-14-25-26-22)21(15-27(24-3)16-23-2)19-7-5-4-6-8-19/h4-14,17,21,23-24H,15-16H2,1-3H3,(H,25,26)/t17?,21-/m0/s1. The Morgan fingerprint density at radius 3 is 2.30 bits per heavy atom. The first kappa shape index (κ1) is 19.3. The Hall–Kier alpha value is -2.47. The van der Waals surface area contributed by atoms with E-state index in [0.29, 0.717) is 11.8 Å². The molecule has 0 bridgehead atoms. The van der Waals surface area contributed by atoms with Crippen molar-refractivity contribution >= 4 is 0 Å². The minimum Gasteiger partial charge on any atom is -0.306 e. The molecule has 142 valence electrons. The summed E-state index contributed by atoms with van der Waals surface area (Å²) in [7, 11) is 3.95. The zero-order valence-corrected chi connectivity index (χ0v) is 16.3. The van der Waals surface area contributed by atoms with Gasteiger partial charge in [-0.1, -0.05) is 61.5 Å². The fraction of sp³-hybridized carbons (Fsp3) is 0.318. The maximum Gasteiger partial charge on any atom is 0.0650 e. The number of rotatable bonds is 9. The molecule has 0 radical (unpaired) electrons. The monoisotopic (exact) mass is 363 g/mol. The molecule has 3 rings (SSSR count). The lowest BCUT2D eigenvalue weighted by atomic mass is 9.82. The highest BCUT2D eigenvalue weighted by molar-refractivity contribution is 5.58. The summed E-state index contributed by atoms with van der Waals surface area (Å²) in [5, 5.41) is 12.5. The first-order chi connectivity index (χ1) is 13.2. The largest absolute Gasteiger partial charge is 0.306 e. The predicted molar refractivity (Wildman–Crippen MR) is 111 cm³/mol. The highest BCUT2D eigenvalue weighted by atomic mass is 15.5. The number of H-pyrrole nitrogens is 1. The summed E-state index contributed by atoms with van der Waals surface area (Å²) in [5.41, 5.74) is 8.20. The number of hydrogen-bond acceptors (Lipinski definition) is 4. The quantitative estimate of drug-likeness (QED) is 0.402. The number of aromatic nitrogens is 2. The van der Waals surface area contributed by atoms with Crippen LogP contribution in [-0.2, 0) is 0 Å². The summed E-state index contributed by atoms with van der Waals surface area (Å²) >= 11 is 0. The van der Waals surface area contributed by atoms with E-state index in [1.54, 1.807) is 6.20 Å². The topological polar surface area (TPSA) is 56.0 Å². The van der Waals surface area contributed by atoms with E-state index in [4.69, 9.17) is 0 Å². The van der Waals surface area contributed by atoms with Crippen molar-refractivity contribution in [2.45, 2.75) is 18.8 Å². The van der Waals surface area contributed by atoms with Gasteiger partial charge in [0.2, 0.25) is 0 Å². The number of hydrazine groups is 1. The van der Waals surface area contributed by atoms with Gasteiger partial charge in [0.05, 0.1) is 12.4 Å². The lowest BCUT2D eigenvalue weighted by Gasteiger charge is -2.31. The molecular weight excluding hydrogens is 334 g/mol. The normalized spacial score (nSPS) is 13.6. The Morgan fingerprint density at radius 1 is 0.963 bits per heavy atom. The first-order valence-corrected chi connectivity index (χ1v) is 9.44. The van der Waals surface area contributed by atoms with Crippen molar-refractivity contribution in [3.63, 3.8) is 0 Å². The van der Waals surface area contributed by atoms with Gasteiger partial charge in [-0.3, -0.25) is 10.5 Å². The van der Waals surface area contributed by atoms with Gasteiger partial charge in [0.1, 0.15) is 0 Å². The van der Waals surface area contributed by atoms with Crippen molar-refractivity contribution in [2.75, 3.05) is 27.3 Å². The van der Waals surface area contributed by atoms with Gasteiger partial charge in [0.15, 0.2) is 0 Å². The number of hydrogen-bond donors (Lipinski definition) is 3. The van der Waals surface area contributed by atoms with Crippen LogP contribution >= 0.6 is 0 Å². The van der Waals surface area contributed by atoms with E-state index < -0.39 is 0 Å². The van der Waals surface area contributed by atoms with Crippen molar-refractivity contribution in [1.29, 1.82) is 0 Å². The van der Waals surface area contributed by atoms with Gasteiger partial charge in [-0.25, -0.2) is 5.01 Å². The van der Waals surface area contributed by atoms with Gasteiger partial charge in [-0.05, 0) is 42.8 Å². The molecule has 5 nitrogen and oxygen atoms in total. The van der Waals surface area contributed by atoms with Crippen LogP contribution in [0.25, 0.3) is 11.3 Å². The molecular formula is C22H29N5. The van der Waals surface area contributed by atoms with Crippen LogP contribution < -0.4 is 10.7 Å². The highest BCUT2D eigenvalue weighted by Crippen LogP contribution is 2.34. The van der Waals surface area contributed by atoms with Gasteiger partial charge in [-0.15, -0.1) is 0 Å². The molecule has 0 fully saturated rings. The van der Waals surface area contributed by atoms with Crippen LogP contribution in [0.3, 0.4) is 0 Å². The number of benzene rings is 2. The summed E-state index contributed by atoms with van der Waals surface area (Å²) < 4.78 is 0. The molecule has 2 atom stereocenters. The number of nitrogens with one attached hydrogen (secondary N) is 3. The van der Waals surface area contributed by atoms with Crippen LogP contribution in [0.1, 0.15) is 29.9 Å². The van der Waals surface area contributed by atoms with Gasteiger partial charge in [-0.2, -0.15) is 5.10 Å². The minimum absolute atomic E-state index is 0.380. The van der Waals surface area contributed by atoms with Crippen LogP contribution in [-0.4, -0.2) is 42.5 Å². The second kappa shape index (κ2) is 9.46. The average molecular weight is 364 g/mol. The summed E-state index contributed by atoms with van der Waals surface area (Å²) in [6.07, 6.45) is 1.78. The van der Waals surface area contributed by atoms with Gasteiger partial charge >= 0.3 is 0 Å². The Morgan fingerprint density at radius 2 is 1.70 bits per heavy atom. The Balaban J connectivity index is 1.84. The number of aromatic amines is 1. The van der Waals surface area contributed by atoms with Crippen LogP contribution in [0.2, 0.25) is 0 Å². The van der Waals surface area contributed by atoms with Gasteiger partial charge in [0.25, 0.3) is 0 Å². The summed E-state index contributed by atoms with van der Waals surface area (Å²) in [6.45, 7) is 4.03. The second-order valence-electron chi connectivity index (χ2n) is 6.86. The molecule has 1 heterocycles. The third-order valence-corrected chi connectivity index (χ3v) is 5.16. The van der Waals surface area contributed by atoms with E-state index in [-0.39, 0.29) is 0 Å². The van der Waals surface area contributed by atoms with E-state index in [1.807, 2.05) is 20.2 Å². The van der Waals surface area contributed by atoms with E-state index in [2.05, 4.69) is 87.5 Å². The van der Waals surface area contributed by atoms with Crippen molar-refractivity contribution in [2.24, 2.45) is 0 Å². The average Bonchev–Trinajstić information content (AvgIpc) is 3.26. The van der Waals surface area contributed by atoms with Crippen LogP contribution in [0, 0.1) is 0 Å². The summed E-state index contributed by atoms with van der Waals surface area (Å²) in [6, 6.07) is 21.6. The lowest BCUT2D eigenvalue weighted by Crippen LogP contribution is -2.44. The third-order valence-electron chi connectivity index (χ3n) is 5.16. The number of nitrogens with zero attached hydrogens (tertiary/aromatic N) is 2. The molecule has 0 saturated carbocycles. The SMILES string of the molecule is CNCN(C[C@H](c1ccccc1)C(C)c1ccc(-c2ccn[nH]2)cc1)NC. The predicted octanol–water partition coefficient (Wildman–Crippen LogP) is 3.58. The lowest BCUT2D eigenvalue weighted by molar-refractivity contribution is 0.177. The van der Waals surface area contributed by atoms with Crippen LogP contribution in [0.5, 0.6) is 0 Å². The first-order valence-electron chi connectivity index (χ1n) is 9.44. The summed E-state index contributed by atoms with van der Waals surface area (Å²) in [5.74, 6) is 0.765. The molecule has 0 amide bonds. The zero-order chi connectivity index (χ0) is 19.1. The fourth-order valence-electron chi connectivity index (χ4n) is 3.53. The van der Waals surface area contributed by atoms with Gasteiger partial charge in [0, 0.05) is 18.7 Å². The molecule has 3 aromatic rings. The Labute approximate surface area is 161 Å². The Kier molecular flexibility index (Phi) is 6.76. The van der Waals surface area contributed by atoms with Gasteiger partial charge < -0.3 is 5.32 Å². The molecule has 1 unspecified atom stereocenters. The molecule has 0 spiro atoms. The molecule has 0 aliphatic carbocycles. The molecule has 0 aliphatic heterocycles. The Bertz CT molecular complexity index is 783. The molecule has 27 heavy (non-hydrogen) atoms. The fourth-order valence-corrected chi connectivity index (χ4v) is 3.53. The second-order valence-corrected chi connectivity index (χ2v) is 6.86. The van der Waals surface area contributed by atoms with Crippen LogP contribution in [0.4, 0.5) is 0 Å². The van der Waals surface area contributed by atoms with E-state index in [0.717, 1.165) is 24.5 Å². The van der Waals surface area contributed by atoms with Crippen molar-refractivity contribution < 1.29 is 0 Å². The smallest absolute Gasteiger partial charge is 0.0650 e. The molecule has 5 heteroatoms. The summed E-state index contributed by atoms with van der Waals surface area (Å²) in [4.78, 5) is 0. The molecule has 2 aromatic carbocycles. The minimum atomic E-state index is 0.380. The van der Waals surface area contributed by atoms with Crippen molar-refractivity contribution in [3.05, 3.63) is 78.0 Å². The van der Waals surface area contributed by atoms with Crippen LogP contribution in [0.15, 0.2) is 66.9 Å². The molecule has 0 saturated heterocycles. The maximum atomic E-state index is 4.04. The van der Waals surface area contributed by atoms with E-state index >= 15 is 0 Å². The maximum absolute atomic E-state index is 4.04. The third kappa shape index (κ3) is 4.83. The van der Waals surface area contributed by atoms with Crippen molar-refractivity contribution in [1.82, 2.24) is 25.9 Å².